The van der Waals surface area contributed by atoms with Gasteiger partial charge in [0.15, 0.2) is 0 Å². The van der Waals surface area contributed by atoms with Gasteiger partial charge in [0.05, 0.1) is 0 Å². The number of nitrogens with one attached hydrogen (secondary N) is 1. The van der Waals surface area contributed by atoms with E-state index < -0.39 is 5.92 Å². The van der Waals surface area contributed by atoms with Crippen molar-refractivity contribution in [2.45, 2.75) is 50.5 Å². The fourth-order valence-electron chi connectivity index (χ4n) is 2.96. The van der Waals surface area contributed by atoms with Gasteiger partial charge in [0, 0.05) is 37.9 Å². The molecule has 0 unspecified atom stereocenters. The quantitative estimate of drug-likeness (QED) is 0.849. The number of likely N-dealkylation sites (tertiary alicyclic amines) is 1. The molecule has 112 valence electrons. The third-order valence-corrected chi connectivity index (χ3v) is 4.21. The minimum atomic E-state index is -2.55. The zero-order valence-corrected chi connectivity index (χ0v) is 12.1. The van der Waals surface area contributed by atoms with Gasteiger partial charge in [0.1, 0.15) is 0 Å². The number of amides is 1. The molecule has 0 spiro atoms. The molecule has 0 aromatic heterocycles. The maximum absolute atomic E-state index is 13.1. The summed E-state index contributed by atoms with van der Waals surface area (Å²) in [4.78, 5) is 14.1. The summed E-state index contributed by atoms with van der Waals surface area (Å²) in [6, 6.07) is 0.354. The zero-order chi connectivity index (χ0) is 13.2. The van der Waals surface area contributed by atoms with Gasteiger partial charge in [-0.25, -0.2) is 8.78 Å². The Morgan fingerprint density at radius 1 is 1.26 bits per heavy atom. The number of alkyl halides is 2. The predicted octanol–water partition coefficient (Wildman–Crippen LogP) is 2.44. The number of piperidine rings is 1. The first kappa shape index (κ1) is 16.6. The van der Waals surface area contributed by atoms with Crippen LogP contribution in [0.15, 0.2) is 0 Å². The molecule has 1 atom stereocenters. The normalized spacial score (nSPS) is 27.7. The van der Waals surface area contributed by atoms with Gasteiger partial charge in [-0.15, -0.1) is 12.4 Å². The van der Waals surface area contributed by atoms with E-state index in [0.29, 0.717) is 18.9 Å². The van der Waals surface area contributed by atoms with Crippen molar-refractivity contribution in [3.05, 3.63) is 0 Å². The smallest absolute Gasteiger partial charge is 0.248 e. The molecule has 3 nitrogen and oxygen atoms in total. The fourth-order valence-corrected chi connectivity index (χ4v) is 2.96. The lowest BCUT2D eigenvalue weighted by atomic mass is 9.85. The minimum Gasteiger partial charge on any atom is -0.341 e. The summed E-state index contributed by atoms with van der Waals surface area (Å²) < 4.78 is 26.1. The number of hydrogen-bond donors (Lipinski definition) is 1. The minimum absolute atomic E-state index is 0. The first-order valence-electron chi connectivity index (χ1n) is 6.86. The van der Waals surface area contributed by atoms with E-state index in [1.54, 1.807) is 0 Å². The molecule has 2 fully saturated rings. The van der Waals surface area contributed by atoms with Crippen LogP contribution in [0.25, 0.3) is 0 Å². The summed E-state index contributed by atoms with van der Waals surface area (Å²) in [5.74, 6) is -2.64. The third kappa shape index (κ3) is 4.28. The molecule has 1 heterocycles. The molecule has 1 N–H and O–H groups in total. The van der Waals surface area contributed by atoms with Crippen LogP contribution in [0.5, 0.6) is 0 Å². The second-order valence-corrected chi connectivity index (χ2v) is 5.54. The lowest BCUT2D eigenvalue weighted by Gasteiger charge is -2.36. The van der Waals surface area contributed by atoms with Gasteiger partial charge in [-0.2, -0.15) is 0 Å². The standard InChI is InChI=1S/C13H22F2N2O.ClH/c1-16-11-3-2-8-17(9-11)12(18)10-4-6-13(14,15)7-5-10;/h10-11,16H,2-9H2,1H3;1H/t11-;/m1./s1. The van der Waals surface area contributed by atoms with Crippen molar-refractivity contribution in [1.82, 2.24) is 10.2 Å². The monoisotopic (exact) mass is 296 g/mol. The van der Waals surface area contributed by atoms with Gasteiger partial charge >= 0.3 is 0 Å². The Labute approximate surface area is 119 Å². The average molecular weight is 297 g/mol. The number of halogens is 3. The van der Waals surface area contributed by atoms with Crippen molar-refractivity contribution >= 4 is 18.3 Å². The van der Waals surface area contributed by atoms with Gasteiger partial charge < -0.3 is 10.2 Å². The molecule has 19 heavy (non-hydrogen) atoms. The fraction of sp³-hybridized carbons (Fsp3) is 0.923. The summed E-state index contributed by atoms with van der Waals surface area (Å²) in [7, 11) is 1.90. The predicted molar refractivity (Wildman–Crippen MR) is 72.8 cm³/mol. The molecule has 6 heteroatoms. The molecule has 1 saturated heterocycles. The maximum atomic E-state index is 13.1. The molecule has 1 amide bonds. The van der Waals surface area contributed by atoms with Crippen LogP contribution in [0.1, 0.15) is 38.5 Å². The highest BCUT2D eigenvalue weighted by molar-refractivity contribution is 5.85. The average Bonchev–Trinajstić information content (AvgIpc) is 2.38. The van der Waals surface area contributed by atoms with Crippen LogP contribution in [-0.2, 0) is 4.79 Å². The van der Waals surface area contributed by atoms with Gasteiger partial charge in [-0.3, -0.25) is 4.79 Å². The zero-order valence-electron chi connectivity index (χ0n) is 11.3. The summed E-state index contributed by atoms with van der Waals surface area (Å²) in [6.07, 6.45) is 2.50. The van der Waals surface area contributed by atoms with E-state index in [9.17, 15) is 13.6 Å². The Balaban J connectivity index is 0.00000180. The van der Waals surface area contributed by atoms with E-state index in [4.69, 9.17) is 0 Å². The van der Waals surface area contributed by atoms with Gasteiger partial charge in [0.2, 0.25) is 11.8 Å². The lowest BCUT2D eigenvalue weighted by molar-refractivity contribution is -0.141. The van der Waals surface area contributed by atoms with Gasteiger partial charge in [0.25, 0.3) is 0 Å². The molecule has 0 radical (unpaired) electrons. The number of hydrogen-bond acceptors (Lipinski definition) is 2. The summed E-state index contributed by atoms with van der Waals surface area (Å²) in [5.41, 5.74) is 0. The van der Waals surface area contributed by atoms with Crippen LogP contribution in [0.2, 0.25) is 0 Å². The summed E-state index contributed by atoms with van der Waals surface area (Å²) in [5, 5.41) is 3.19. The Hall–Kier alpha value is -0.420. The largest absolute Gasteiger partial charge is 0.341 e. The van der Waals surface area contributed by atoms with Crippen molar-refractivity contribution in [1.29, 1.82) is 0 Å². The topological polar surface area (TPSA) is 32.3 Å². The Kier molecular flexibility index (Phi) is 5.99. The molecule has 0 aromatic carbocycles. The number of nitrogens with zero attached hydrogens (tertiary/aromatic N) is 1. The Morgan fingerprint density at radius 3 is 2.47 bits per heavy atom. The van der Waals surface area contributed by atoms with Crippen LogP contribution in [0.3, 0.4) is 0 Å². The van der Waals surface area contributed by atoms with E-state index in [1.165, 1.54) is 0 Å². The van der Waals surface area contributed by atoms with Crippen LogP contribution in [0, 0.1) is 5.92 Å². The Bertz CT molecular complexity index is 305. The molecule has 1 aliphatic heterocycles. The van der Waals surface area contributed by atoms with Crippen molar-refractivity contribution < 1.29 is 13.6 Å². The highest BCUT2D eigenvalue weighted by Crippen LogP contribution is 2.37. The SMILES string of the molecule is CN[C@@H]1CCCN(C(=O)C2CCC(F)(F)CC2)C1.Cl. The van der Waals surface area contributed by atoms with E-state index in [0.717, 1.165) is 25.9 Å². The Morgan fingerprint density at radius 2 is 1.89 bits per heavy atom. The summed E-state index contributed by atoms with van der Waals surface area (Å²) >= 11 is 0. The van der Waals surface area contributed by atoms with Gasteiger partial charge in [-0.05, 0) is 32.7 Å². The molecule has 0 bridgehead atoms. The number of carbonyl (C=O) groups excluding carboxylic acids is 1. The second-order valence-electron chi connectivity index (χ2n) is 5.54. The van der Waals surface area contributed by atoms with E-state index in [1.807, 2.05) is 11.9 Å². The van der Waals surface area contributed by atoms with Crippen molar-refractivity contribution in [3.8, 4) is 0 Å². The first-order valence-corrected chi connectivity index (χ1v) is 6.86. The van der Waals surface area contributed by atoms with Crippen LogP contribution in [0.4, 0.5) is 8.78 Å². The highest BCUT2D eigenvalue weighted by atomic mass is 35.5. The lowest BCUT2D eigenvalue weighted by Crippen LogP contribution is -2.49. The van der Waals surface area contributed by atoms with E-state index in [-0.39, 0.29) is 37.1 Å². The number of likely N-dealkylation sites (N-methyl/N-ethyl adjacent to an activating group) is 1. The molecule has 2 aliphatic rings. The molecule has 2 rings (SSSR count). The van der Waals surface area contributed by atoms with Crippen LogP contribution >= 0.6 is 12.4 Å². The number of carbonyl (C=O) groups is 1. The van der Waals surface area contributed by atoms with Crippen LogP contribution in [-0.4, -0.2) is 42.9 Å². The molecular weight excluding hydrogens is 274 g/mol. The maximum Gasteiger partial charge on any atom is 0.248 e. The van der Waals surface area contributed by atoms with E-state index >= 15 is 0 Å². The molecule has 1 aliphatic carbocycles. The van der Waals surface area contributed by atoms with Gasteiger partial charge in [-0.1, -0.05) is 0 Å². The van der Waals surface area contributed by atoms with Crippen LogP contribution < -0.4 is 5.32 Å². The highest BCUT2D eigenvalue weighted by Gasteiger charge is 2.39. The molecular formula is C13H23ClF2N2O. The first-order chi connectivity index (χ1) is 8.52. The summed E-state index contributed by atoms with van der Waals surface area (Å²) in [6.45, 7) is 1.51. The molecule has 1 saturated carbocycles. The molecule has 0 aromatic rings. The van der Waals surface area contributed by atoms with Crippen molar-refractivity contribution in [2.75, 3.05) is 20.1 Å². The van der Waals surface area contributed by atoms with E-state index in [2.05, 4.69) is 5.32 Å². The van der Waals surface area contributed by atoms with Crippen molar-refractivity contribution in [3.63, 3.8) is 0 Å². The third-order valence-electron chi connectivity index (χ3n) is 4.21. The second kappa shape index (κ2) is 6.84. The van der Waals surface area contributed by atoms with Crippen molar-refractivity contribution in [2.24, 2.45) is 5.92 Å². The number of rotatable bonds is 2.